The van der Waals surface area contributed by atoms with Crippen molar-refractivity contribution in [2.45, 2.75) is 57.8 Å². The van der Waals surface area contributed by atoms with Crippen LogP contribution in [0.4, 0.5) is 0 Å². The molecule has 0 spiro atoms. The average molecular weight is 318 g/mol. The third kappa shape index (κ3) is 4.15. The minimum Gasteiger partial charge on any atom is -0.342 e. The third-order valence-corrected chi connectivity index (χ3v) is 5.69. The first kappa shape index (κ1) is 16.5. The number of carbonyl (C=O) groups is 2. The highest BCUT2D eigenvalue weighted by atomic mass is 16.2. The molecule has 0 aromatic carbocycles. The van der Waals surface area contributed by atoms with Gasteiger partial charge in [0.15, 0.2) is 0 Å². The first-order valence-corrected chi connectivity index (χ1v) is 9.48. The second-order valence-corrected chi connectivity index (χ2v) is 7.32. The number of piperidine rings is 1. The van der Waals surface area contributed by atoms with Crippen molar-refractivity contribution in [3.8, 4) is 0 Å². The van der Waals surface area contributed by atoms with Gasteiger partial charge in [0.05, 0.1) is 0 Å². The van der Waals surface area contributed by atoms with Crippen molar-refractivity contribution in [3.05, 3.63) is 12.2 Å². The predicted molar refractivity (Wildman–Crippen MR) is 90.8 cm³/mol. The molecule has 2 heterocycles. The molecule has 1 aliphatic carbocycles. The SMILES string of the molecule is O=C(C1CC=CCC1)N1CCC(C(=O)N2CCCCCC2)CC1. The van der Waals surface area contributed by atoms with E-state index in [0.29, 0.717) is 11.8 Å². The Hall–Kier alpha value is -1.32. The van der Waals surface area contributed by atoms with Gasteiger partial charge in [-0.25, -0.2) is 0 Å². The van der Waals surface area contributed by atoms with Gasteiger partial charge in [-0.3, -0.25) is 9.59 Å². The van der Waals surface area contributed by atoms with Gasteiger partial charge in [0.1, 0.15) is 0 Å². The highest BCUT2D eigenvalue weighted by molar-refractivity contribution is 5.81. The zero-order chi connectivity index (χ0) is 16.1. The van der Waals surface area contributed by atoms with Crippen LogP contribution in [-0.2, 0) is 9.59 Å². The van der Waals surface area contributed by atoms with Crippen molar-refractivity contribution in [1.29, 1.82) is 0 Å². The lowest BCUT2D eigenvalue weighted by atomic mass is 9.90. The van der Waals surface area contributed by atoms with Crippen LogP contribution in [0, 0.1) is 11.8 Å². The Kier molecular flexibility index (Phi) is 5.74. The molecule has 0 saturated carbocycles. The Morgan fingerprint density at radius 1 is 0.696 bits per heavy atom. The maximum absolute atomic E-state index is 12.7. The molecule has 23 heavy (non-hydrogen) atoms. The Bertz CT molecular complexity index is 444. The second-order valence-electron chi connectivity index (χ2n) is 7.32. The summed E-state index contributed by atoms with van der Waals surface area (Å²) in [6.07, 6.45) is 13.7. The molecule has 3 rings (SSSR count). The number of rotatable bonds is 2. The molecule has 128 valence electrons. The van der Waals surface area contributed by atoms with Crippen LogP contribution in [0.5, 0.6) is 0 Å². The number of hydrogen-bond acceptors (Lipinski definition) is 2. The number of likely N-dealkylation sites (tertiary alicyclic amines) is 2. The second kappa shape index (κ2) is 7.98. The average Bonchev–Trinajstić information content (AvgIpc) is 2.91. The third-order valence-electron chi connectivity index (χ3n) is 5.69. The van der Waals surface area contributed by atoms with E-state index in [4.69, 9.17) is 0 Å². The van der Waals surface area contributed by atoms with E-state index in [1.54, 1.807) is 0 Å². The van der Waals surface area contributed by atoms with Gasteiger partial charge in [-0.05, 0) is 44.9 Å². The van der Waals surface area contributed by atoms with Crippen molar-refractivity contribution in [2.24, 2.45) is 11.8 Å². The van der Waals surface area contributed by atoms with E-state index < -0.39 is 0 Å². The largest absolute Gasteiger partial charge is 0.342 e. The summed E-state index contributed by atoms with van der Waals surface area (Å²) < 4.78 is 0. The summed E-state index contributed by atoms with van der Waals surface area (Å²) in [6, 6.07) is 0. The molecule has 0 aromatic heterocycles. The predicted octanol–water partition coefficient (Wildman–Crippen LogP) is 2.98. The zero-order valence-electron chi connectivity index (χ0n) is 14.2. The van der Waals surface area contributed by atoms with Crippen LogP contribution in [0.2, 0.25) is 0 Å². The quantitative estimate of drug-likeness (QED) is 0.734. The van der Waals surface area contributed by atoms with Crippen LogP contribution in [0.3, 0.4) is 0 Å². The van der Waals surface area contributed by atoms with Crippen LogP contribution < -0.4 is 0 Å². The number of carbonyl (C=O) groups excluding carboxylic acids is 2. The van der Waals surface area contributed by atoms with Crippen molar-refractivity contribution in [1.82, 2.24) is 9.80 Å². The maximum Gasteiger partial charge on any atom is 0.226 e. The molecule has 2 fully saturated rings. The van der Waals surface area contributed by atoms with Gasteiger partial charge in [0, 0.05) is 38.0 Å². The first-order valence-electron chi connectivity index (χ1n) is 9.48. The van der Waals surface area contributed by atoms with Crippen LogP contribution in [0.1, 0.15) is 57.8 Å². The van der Waals surface area contributed by atoms with Crippen LogP contribution >= 0.6 is 0 Å². The Labute approximate surface area is 139 Å². The zero-order valence-corrected chi connectivity index (χ0v) is 14.2. The van der Waals surface area contributed by atoms with Gasteiger partial charge >= 0.3 is 0 Å². The summed E-state index contributed by atoms with van der Waals surface area (Å²) in [4.78, 5) is 29.4. The minimum absolute atomic E-state index is 0.142. The molecule has 0 radical (unpaired) electrons. The number of allylic oxidation sites excluding steroid dienone is 2. The molecule has 0 aromatic rings. The topological polar surface area (TPSA) is 40.6 Å². The molecule has 2 aliphatic heterocycles. The Morgan fingerprint density at radius 2 is 1.30 bits per heavy atom. The molecule has 0 N–H and O–H groups in total. The van der Waals surface area contributed by atoms with E-state index in [1.165, 1.54) is 12.8 Å². The normalized spacial score (nSPS) is 26.9. The molecule has 2 saturated heterocycles. The van der Waals surface area contributed by atoms with Gasteiger partial charge in [-0.15, -0.1) is 0 Å². The van der Waals surface area contributed by atoms with E-state index in [2.05, 4.69) is 17.1 Å². The molecule has 4 heteroatoms. The Morgan fingerprint density at radius 3 is 1.91 bits per heavy atom. The minimum atomic E-state index is 0.142. The molecule has 2 amide bonds. The van der Waals surface area contributed by atoms with Gasteiger partial charge in [-0.1, -0.05) is 25.0 Å². The summed E-state index contributed by atoms with van der Waals surface area (Å²) in [5.41, 5.74) is 0. The number of nitrogens with zero attached hydrogens (tertiary/aromatic N) is 2. The highest BCUT2D eigenvalue weighted by Crippen LogP contribution is 2.26. The molecule has 1 unspecified atom stereocenters. The number of hydrogen-bond donors (Lipinski definition) is 0. The van der Waals surface area contributed by atoms with Crippen molar-refractivity contribution >= 4 is 11.8 Å². The van der Waals surface area contributed by atoms with Gasteiger partial charge in [-0.2, -0.15) is 0 Å². The van der Waals surface area contributed by atoms with Gasteiger partial charge in [0.2, 0.25) is 11.8 Å². The van der Waals surface area contributed by atoms with Crippen molar-refractivity contribution in [2.75, 3.05) is 26.2 Å². The van der Waals surface area contributed by atoms with Crippen LogP contribution in [0.25, 0.3) is 0 Å². The van der Waals surface area contributed by atoms with E-state index in [9.17, 15) is 9.59 Å². The fourth-order valence-electron chi connectivity index (χ4n) is 4.17. The molecule has 0 bridgehead atoms. The smallest absolute Gasteiger partial charge is 0.226 e. The standard InChI is InChI=1S/C19H30N2O2/c22-18(16-8-4-3-5-9-16)21-14-10-17(11-15-21)19(23)20-12-6-1-2-7-13-20/h3-4,16-17H,1-2,5-15H2. The van der Waals surface area contributed by atoms with E-state index in [1.807, 2.05) is 4.90 Å². The van der Waals surface area contributed by atoms with Crippen molar-refractivity contribution < 1.29 is 9.59 Å². The molecule has 3 aliphatic rings. The van der Waals surface area contributed by atoms with Gasteiger partial charge < -0.3 is 9.80 Å². The first-order chi connectivity index (χ1) is 11.3. The highest BCUT2D eigenvalue weighted by Gasteiger charge is 2.32. The Balaban J connectivity index is 1.48. The van der Waals surface area contributed by atoms with Gasteiger partial charge in [0.25, 0.3) is 0 Å². The molecule has 4 nitrogen and oxygen atoms in total. The lowest BCUT2D eigenvalue weighted by Crippen LogP contribution is -2.46. The van der Waals surface area contributed by atoms with Crippen LogP contribution in [-0.4, -0.2) is 47.8 Å². The lowest BCUT2D eigenvalue weighted by Gasteiger charge is -2.36. The molecular weight excluding hydrogens is 288 g/mol. The molecule has 1 atom stereocenters. The van der Waals surface area contributed by atoms with E-state index >= 15 is 0 Å². The summed E-state index contributed by atoms with van der Waals surface area (Å²) in [7, 11) is 0. The van der Waals surface area contributed by atoms with Crippen LogP contribution in [0.15, 0.2) is 12.2 Å². The van der Waals surface area contributed by atoms with E-state index in [-0.39, 0.29) is 11.8 Å². The summed E-state index contributed by atoms with van der Waals surface area (Å²) in [5.74, 6) is 0.982. The summed E-state index contributed by atoms with van der Waals surface area (Å²) in [6.45, 7) is 3.41. The van der Waals surface area contributed by atoms with Crippen molar-refractivity contribution in [3.63, 3.8) is 0 Å². The van der Waals surface area contributed by atoms with E-state index in [0.717, 1.165) is 71.1 Å². The number of amides is 2. The summed E-state index contributed by atoms with van der Waals surface area (Å²) in [5, 5.41) is 0. The monoisotopic (exact) mass is 318 g/mol. The summed E-state index contributed by atoms with van der Waals surface area (Å²) >= 11 is 0. The fraction of sp³-hybridized carbons (Fsp3) is 0.789. The molecular formula is C19H30N2O2. The lowest BCUT2D eigenvalue weighted by molar-refractivity contribution is -0.142. The maximum atomic E-state index is 12.7. The fourth-order valence-corrected chi connectivity index (χ4v) is 4.17.